The van der Waals surface area contributed by atoms with E-state index in [1.807, 2.05) is 30.3 Å². The lowest BCUT2D eigenvalue weighted by molar-refractivity contribution is 0.302. The Morgan fingerprint density at radius 1 is 1.20 bits per heavy atom. The van der Waals surface area contributed by atoms with Gasteiger partial charge in [0, 0.05) is 42.7 Å². The van der Waals surface area contributed by atoms with Crippen LogP contribution in [0.3, 0.4) is 0 Å². The average molecular weight is 359 g/mol. The van der Waals surface area contributed by atoms with Crippen LogP contribution in [0.1, 0.15) is 17.7 Å². The minimum atomic E-state index is -0.180. The SMILES string of the molecule is Fc1ccc2c(c1)c1c(n2CCCOc2ccccc2Cl)CCNC1. The fraction of sp³-hybridized carbons (Fsp3) is 0.300. The number of halogens is 2. The number of nitrogens with zero attached hydrogens (tertiary/aromatic N) is 1. The second-order valence-corrected chi connectivity index (χ2v) is 6.70. The van der Waals surface area contributed by atoms with Gasteiger partial charge in [0.15, 0.2) is 0 Å². The molecule has 2 aromatic carbocycles. The van der Waals surface area contributed by atoms with Crippen molar-refractivity contribution in [1.82, 2.24) is 9.88 Å². The number of hydrogen-bond donors (Lipinski definition) is 1. The summed E-state index contributed by atoms with van der Waals surface area (Å²) in [6.45, 7) is 3.21. The Hall–Kier alpha value is -2.04. The normalized spacial score (nSPS) is 13.8. The van der Waals surface area contributed by atoms with E-state index in [9.17, 15) is 4.39 Å². The maximum absolute atomic E-state index is 13.7. The van der Waals surface area contributed by atoms with Gasteiger partial charge in [0.25, 0.3) is 0 Å². The number of hydrogen-bond acceptors (Lipinski definition) is 2. The Morgan fingerprint density at radius 3 is 2.96 bits per heavy atom. The third-order valence-corrected chi connectivity index (χ3v) is 5.02. The molecule has 1 aromatic heterocycles. The number of benzene rings is 2. The molecule has 130 valence electrons. The topological polar surface area (TPSA) is 26.2 Å². The fourth-order valence-corrected chi connectivity index (χ4v) is 3.76. The molecule has 0 unspecified atom stereocenters. The smallest absolute Gasteiger partial charge is 0.137 e. The molecule has 0 bridgehead atoms. The Morgan fingerprint density at radius 2 is 2.08 bits per heavy atom. The van der Waals surface area contributed by atoms with Crippen molar-refractivity contribution >= 4 is 22.5 Å². The van der Waals surface area contributed by atoms with Crippen LogP contribution in [0.15, 0.2) is 42.5 Å². The van der Waals surface area contributed by atoms with Gasteiger partial charge in [-0.15, -0.1) is 0 Å². The monoisotopic (exact) mass is 358 g/mol. The lowest BCUT2D eigenvalue weighted by atomic mass is 10.1. The average Bonchev–Trinajstić information content (AvgIpc) is 2.93. The Bertz CT molecular complexity index is 906. The van der Waals surface area contributed by atoms with Crippen molar-refractivity contribution in [2.24, 2.45) is 0 Å². The first-order chi connectivity index (χ1) is 12.2. The zero-order chi connectivity index (χ0) is 17.2. The highest BCUT2D eigenvalue weighted by Gasteiger charge is 2.19. The van der Waals surface area contributed by atoms with Crippen LogP contribution in [-0.4, -0.2) is 17.7 Å². The van der Waals surface area contributed by atoms with Gasteiger partial charge in [0.2, 0.25) is 0 Å². The minimum absolute atomic E-state index is 0.180. The highest BCUT2D eigenvalue weighted by Crippen LogP contribution is 2.30. The van der Waals surface area contributed by atoms with Crippen LogP contribution in [0.4, 0.5) is 4.39 Å². The molecule has 1 N–H and O–H groups in total. The van der Waals surface area contributed by atoms with Crippen LogP contribution >= 0.6 is 11.6 Å². The van der Waals surface area contributed by atoms with E-state index >= 15 is 0 Å². The molecule has 0 saturated heterocycles. The number of aromatic nitrogens is 1. The van der Waals surface area contributed by atoms with Crippen LogP contribution in [-0.2, 0) is 19.5 Å². The molecule has 3 nitrogen and oxygen atoms in total. The second-order valence-electron chi connectivity index (χ2n) is 6.30. The van der Waals surface area contributed by atoms with Gasteiger partial charge >= 0.3 is 0 Å². The second kappa shape index (κ2) is 7.06. The van der Waals surface area contributed by atoms with Crippen molar-refractivity contribution in [3.63, 3.8) is 0 Å². The fourth-order valence-electron chi connectivity index (χ4n) is 3.57. The highest BCUT2D eigenvalue weighted by atomic mass is 35.5. The number of ether oxygens (including phenoxy) is 1. The molecule has 4 rings (SSSR count). The Balaban J connectivity index is 1.52. The standard InChI is InChI=1S/C20H20ClFN2O/c21-17-4-1-2-5-20(17)25-11-3-10-24-18-7-6-14(22)12-15(18)16-13-23-9-8-19(16)24/h1-2,4-7,12,23H,3,8-11,13H2. The van der Waals surface area contributed by atoms with Crippen LogP contribution < -0.4 is 10.1 Å². The first-order valence-corrected chi connectivity index (χ1v) is 8.99. The predicted octanol–water partition coefficient (Wildman–Crippen LogP) is 4.55. The van der Waals surface area contributed by atoms with E-state index in [-0.39, 0.29) is 5.82 Å². The molecule has 3 aromatic rings. The molecule has 25 heavy (non-hydrogen) atoms. The summed E-state index contributed by atoms with van der Waals surface area (Å²) in [5, 5.41) is 5.04. The first-order valence-electron chi connectivity index (χ1n) is 8.61. The molecular formula is C20H20ClFN2O. The van der Waals surface area contributed by atoms with Crippen molar-refractivity contribution in [3.05, 3.63) is 64.6 Å². The summed E-state index contributed by atoms with van der Waals surface area (Å²) in [6.07, 6.45) is 1.84. The zero-order valence-electron chi connectivity index (χ0n) is 13.9. The van der Waals surface area contributed by atoms with Crippen LogP contribution in [0.2, 0.25) is 5.02 Å². The van der Waals surface area contributed by atoms with Crippen molar-refractivity contribution in [2.75, 3.05) is 13.2 Å². The molecule has 0 amide bonds. The summed E-state index contributed by atoms with van der Waals surface area (Å²) in [6, 6.07) is 12.6. The van der Waals surface area contributed by atoms with E-state index in [0.29, 0.717) is 11.6 Å². The Kier molecular flexibility index (Phi) is 4.64. The van der Waals surface area contributed by atoms with Gasteiger partial charge in [-0.05, 0) is 42.3 Å². The minimum Gasteiger partial charge on any atom is -0.492 e. The van der Waals surface area contributed by atoms with E-state index < -0.39 is 0 Å². The summed E-state index contributed by atoms with van der Waals surface area (Å²) in [7, 11) is 0. The van der Waals surface area contributed by atoms with Crippen molar-refractivity contribution < 1.29 is 9.13 Å². The number of fused-ring (bicyclic) bond motifs is 3. The van der Waals surface area contributed by atoms with Gasteiger partial charge in [-0.2, -0.15) is 0 Å². The molecule has 0 fully saturated rings. The summed E-state index contributed by atoms with van der Waals surface area (Å²) >= 11 is 6.12. The molecule has 0 saturated carbocycles. The summed E-state index contributed by atoms with van der Waals surface area (Å²) < 4.78 is 21.8. The zero-order valence-corrected chi connectivity index (χ0v) is 14.7. The molecule has 0 atom stereocenters. The van der Waals surface area contributed by atoms with Gasteiger partial charge in [0.05, 0.1) is 11.6 Å². The third kappa shape index (κ3) is 3.24. The number of para-hydroxylation sites is 1. The van der Waals surface area contributed by atoms with Crippen molar-refractivity contribution in [2.45, 2.75) is 25.9 Å². The first kappa shape index (κ1) is 16.4. The van der Waals surface area contributed by atoms with E-state index in [2.05, 4.69) is 9.88 Å². The molecule has 5 heteroatoms. The lowest BCUT2D eigenvalue weighted by Gasteiger charge is -2.17. The van der Waals surface area contributed by atoms with Gasteiger partial charge in [-0.25, -0.2) is 4.39 Å². The molecular weight excluding hydrogens is 339 g/mol. The Labute approximate surface area is 151 Å². The third-order valence-electron chi connectivity index (χ3n) is 4.71. The summed E-state index contributed by atoms with van der Waals surface area (Å²) in [4.78, 5) is 0. The molecule has 1 aliphatic heterocycles. The van der Waals surface area contributed by atoms with Gasteiger partial charge in [-0.1, -0.05) is 23.7 Å². The predicted molar refractivity (Wildman–Crippen MR) is 98.9 cm³/mol. The quantitative estimate of drug-likeness (QED) is 0.677. The van der Waals surface area contributed by atoms with Crippen molar-refractivity contribution in [1.29, 1.82) is 0 Å². The maximum Gasteiger partial charge on any atom is 0.137 e. The summed E-state index contributed by atoms with van der Waals surface area (Å²) in [5.41, 5.74) is 3.65. The highest BCUT2D eigenvalue weighted by molar-refractivity contribution is 6.32. The lowest BCUT2D eigenvalue weighted by Crippen LogP contribution is -2.24. The summed E-state index contributed by atoms with van der Waals surface area (Å²) in [5.74, 6) is 0.537. The number of rotatable bonds is 5. The van der Waals surface area contributed by atoms with Crippen LogP contribution in [0, 0.1) is 5.82 Å². The largest absolute Gasteiger partial charge is 0.492 e. The van der Waals surface area contributed by atoms with Gasteiger partial charge < -0.3 is 14.6 Å². The van der Waals surface area contributed by atoms with E-state index in [1.54, 1.807) is 6.07 Å². The van der Waals surface area contributed by atoms with E-state index in [1.165, 1.54) is 17.3 Å². The molecule has 2 heterocycles. The molecule has 0 radical (unpaired) electrons. The molecule has 0 spiro atoms. The van der Waals surface area contributed by atoms with E-state index in [0.717, 1.165) is 49.1 Å². The maximum atomic E-state index is 13.7. The van der Waals surface area contributed by atoms with Gasteiger partial charge in [0.1, 0.15) is 11.6 Å². The van der Waals surface area contributed by atoms with Gasteiger partial charge in [-0.3, -0.25) is 0 Å². The van der Waals surface area contributed by atoms with E-state index in [4.69, 9.17) is 16.3 Å². The number of nitrogens with one attached hydrogen (secondary N) is 1. The van der Waals surface area contributed by atoms with Crippen LogP contribution in [0.25, 0.3) is 10.9 Å². The molecule has 0 aliphatic carbocycles. The molecule has 1 aliphatic rings. The van der Waals surface area contributed by atoms with Crippen molar-refractivity contribution in [3.8, 4) is 5.75 Å². The number of aryl methyl sites for hydroxylation is 1. The van der Waals surface area contributed by atoms with Crippen LogP contribution in [0.5, 0.6) is 5.75 Å².